The number of nitrogens with one attached hydrogen (secondary N) is 2. The molecule has 1 saturated carbocycles. The van der Waals surface area contributed by atoms with Crippen molar-refractivity contribution in [1.29, 1.82) is 0 Å². The van der Waals surface area contributed by atoms with Gasteiger partial charge in [0.25, 0.3) is 0 Å². The number of hydrogen-bond acceptors (Lipinski definition) is 4. The quantitative estimate of drug-likeness (QED) is 0.383. The Bertz CT molecular complexity index is 987. The van der Waals surface area contributed by atoms with E-state index in [-0.39, 0.29) is 29.6 Å². The van der Waals surface area contributed by atoms with Crippen LogP contribution in [-0.4, -0.2) is 42.9 Å². The van der Waals surface area contributed by atoms with E-state index in [2.05, 4.69) is 43.5 Å². The number of benzene rings is 1. The van der Waals surface area contributed by atoms with E-state index in [9.17, 15) is 14.4 Å². The lowest BCUT2D eigenvalue weighted by Gasteiger charge is -2.31. The minimum atomic E-state index is -0.505. The molecule has 3 amide bonds. The molecule has 4 N–H and O–H groups in total. The summed E-state index contributed by atoms with van der Waals surface area (Å²) in [5, 5.41) is 6.75. The van der Waals surface area contributed by atoms with Crippen LogP contribution >= 0.6 is 0 Å². The fourth-order valence-electron chi connectivity index (χ4n) is 6.99. The smallest absolute Gasteiger partial charge is 0.244 e. The summed E-state index contributed by atoms with van der Waals surface area (Å²) in [5.74, 6) is 0.521. The summed E-state index contributed by atoms with van der Waals surface area (Å²) in [4.78, 5) is 41.6. The molecule has 0 unspecified atom stereocenters. The molecule has 0 aromatic heterocycles. The maximum absolute atomic E-state index is 14.0. The molecule has 0 radical (unpaired) electrons. The first-order valence-electron chi connectivity index (χ1n) is 15.0. The minimum Gasteiger partial charge on any atom is -0.369 e. The maximum Gasteiger partial charge on any atom is 0.244 e. The lowest BCUT2D eigenvalue weighted by molar-refractivity contribution is -0.127. The molecule has 0 spiro atoms. The second-order valence-corrected chi connectivity index (χ2v) is 12.3. The highest BCUT2D eigenvalue weighted by atomic mass is 16.2. The summed E-state index contributed by atoms with van der Waals surface area (Å²) in [6, 6.07) is 5.30. The van der Waals surface area contributed by atoms with Crippen molar-refractivity contribution in [2.45, 2.75) is 103 Å². The topological polar surface area (TPSA) is 105 Å². The summed E-state index contributed by atoms with van der Waals surface area (Å²) < 4.78 is 0. The molecular weight excluding hydrogens is 476 g/mol. The summed E-state index contributed by atoms with van der Waals surface area (Å²) in [5.41, 5.74) is 8.99. The van der Waals surface area contributed by atoms with Crippen molar-refractivity contribution < 1.29 is 14.4 Å². The van der Waals surface area contributed by atoms with Crippen molar-refractivity contribution >= 4 is 23.4 Å². The third kappa shape index (κ3) is 6.59. The number of nitrogens with two attached hydrogens (primary N) is 1. The van der Waals surface area contributed by atoms with Gasteiger partial charge in [0.1, 0.15) is 6.04 Å². The molecule has 1 aliphatic carbocycles. The van der Waals surface area contributed by atoms with Crippen molar-refractivity contribution in [1.82, 2.24) is 10.6 Å². The number of hydrogen-bond donors (Lipinski definition) is 3. The Morgan fingerprint density at radius 3 is 2.53 bits per heavy atom. The predicted octanol–water partition coefficient (Wildman–Crippen LogP) is 4.11. The van der Waals surface area contributed by atoms with Gasteiger partial charge in [-0.2, -0.15) is 0 Å². The van der Waals surface area contributed by atoms with E-state index >= 15 is 0 Å². The summed E-state index contributed by atoms with van der Waals surface area (Å²) >= 11 is 0. The van der Waals surface area contributed by atoms with E-state index in [0.717, 1.165) is 42.5 Å². The van der Waals surface area contributed by atoms with Crippen LogP contribution < -0.4 is 21.3 Å². The van der Waals surface area contributed by atoms with Gasteiger partial charge in [0.15, 0.2) is 0 Å². The number of aryl methyl sites for hydroxylation is 1. The van der Waals surface area contributed by atoms with Crippen LogP contribution in [0.25, 0.3) is 0 Å². The molecule has 7 nitrogen and oxygen atoms in total. The molecule has 0 saturated heterocycles. The van der Waals surface area contributed by atoms with Gasteiger partial charge in [0, 0.05) is 18.9 Å². The molecule has 1 aromatic carbocycles. The van der Waals surface area contributed by atoms with E-state index < -0.39 is 12.1 Å². The molecule has 1 aromatic rings. The van der Waals surface area contributed by atoms with Crippen LogP contribution in [0, 0.1) is 23.7 Å². The van der Waals surface area contributed by atoms with Gasteiger partial charge in [-0.3, -0.25) is 19.3 Å². The van der Waals surface area contributed by atoms with Crippen LogP contribution in [0.5, 0.6) is 0 Å². The Morgan fingerprint density at radius 1 is 1.11 bits per heavy atom. The fourth-order valence-corrected chi connectivity index (χ4v) is 6.99. The van der Waals surface area contributed by atoms with Gasteiger partial charge >= 0.3 is 0 Å². The van der Waals surface area contributed by atoms with E-state index in [4.69, 9.17) is 5.73 Å². The zero-order valence-corrected chi connectivity index (χ0v) is 23.6. The van der Waals surface area contributed by atoms with Crippen molar-refractivity contribution in [2.24, 2.45) is 29.4 Å². The second kappa shape index (κ2) is 13.1. The molecule has 38 heavy (non-hydrogen) atoms. The highest BCUT2D eigenvalue weighted by molar-refractivity contribution is 6.06. The fraction of sp³-hybridized carbons (Fsp3) is 0.710. The molecule has 0 bridgehead atoms. The summed E-state index contributed by atoms with van der Waals surface area (Å²) in [6.07, 6.45) is 10.7. The van der Waals surface area contributed by atoms with E-state index in [1.54, 1.807) is 4.90 Å². The first kappa shape index (κ1) is 28.6. The number of primary amides is 1. The van der Waals surface area contributed by atoms with E-state index in [1.165, 1.54) is 32.1 Å². The first-order chi connectivity index (χ1) is 18.3. The van der Waals surface area contributed by atoms with Crippen LogP contribution in [0.4, 0.5) is 5.69 Å². The third-order valence-corrected chi connectivity index (χ3v) is 8.93. The van der Waals surface area contributed by atoms with Crippen LogP contribution in [0.1, 0.15) is 89.7 Å². The lowest BCUT2D eigenvalue weighted by atomic mass is 9.82. The number of anilines is 1. The number of nitrogens with zero attached hydrogens (tertiary/aromatic N) is 1. The predicted molar refractivity (Wildman–Crippen MR) is 152 cm³/mol. The Labute approximate surface area is 228 Å². The normalized spacial score (nSPS) is 23.2. The van der Waals surface area contributed by atoms with Gasteiger partial charge in [-0.25, -0.2) is 0 Å². The summed E-state index contributed by atoms with van der Waals surface area (Å²) in [6.45, 7) is 7.66. The molecule has 3 aliphatic rings. The third-order valence-electron chi connectivity index (χ3n) is 8.93. The number of carbonyl (C=O) groups excluding carboxylic acids is 3. The van der Waals surface area contributed by atoms with Gasteiger partial charge in [0.2, 0.25) is 17.7 Å². The van der Waals surface area contributed by atoms with Crippen molar-refractivity contribution in [3.05, 3.63) is 29.3 Å². The molecule has 4 rings (SSSR count). The monoisotopic (exact) mass is 524 g/mol. The van der Waals surface area contributed by atoms with Crippen LogP contribution in [0.2, 0.25) is 0 Å². The van der Waals surface area contributed by atoms with Crippen LogP contribution in [0.3, 0.4) is 0 Å². The minimum absolute atomic E-state index is 0.0269. The summed E-state index contributed by atoms with van der Waals surface area (Å²) in [7, 11) is 0. The van der Waals surface area contributed by atoms with Gasteiger partial charge in [-0.05, 0) is 74.0 Å². The molecule has 2 aliphatic heterocycles. The average molecular weight is 525 g/mol. The molecule has 210 valence electrons. The largest absolute Gasteiger partial charge is 0.369 e. The van der Waals surface area contributed by atoms with Gasteiger partial charge < -0.3 is 16.4 Å². The van der Waals surface area contributed by atoms with Gasteiger partial charge in [-0.1, -0.05) is 64.7 Å². The number of amides is 3. The maximum atomic E-state index is 14.0. The van der Waals surface area contributed by atoms with Crippen LogP contribution in [-0.2, 0) is 27.2 Å². The average Bonchev–Trinajstić information content (AvgIpc) is 3.23. The van der Waals surface area contributed by atoms with Crippen molar-refractivity contribution in [3.63, 3.8) is 0 Å². The SMILES string of the molecule is CCC[C@H](C(N)=O)[C@H](CN[C@H]1CCc2cccc3c2N(C1=O)[C@H](C(=O)NCC1CCCCC1)C3)CC(C)C. The van der Waals surface area contributed by atoms with Crippen molar-refractivity contribution in [3.8, 4) is 0 Å². The second-order valence-electron chi connectivity index (χ2n) is 12.3. The van der Waals surface area contributed by atoms with E-state index in [1.807, 2.05) is 6.07 Å². The number of rotatable bonds is 12. The lowest BCUT2D eigenvalue weighted by Crippen LogP contribution is -2.54. The highest BCUT2D eigenvalue weighted by Crippen LogP contribution is 2.39. The zero-order chi connectivity index (χ0) is 27.2. The number of carbonyl (C=O) groups is 3. The van der Waals surface area contributed by atoms with Gasteiger partial charge in [-0.15, -0.1) is 0 Å². The van der Waals surface area contributed by atoms with E-state index in [0.29, 0.717) is 37.8 Å². The molecule has 2 heterocycles. The Kier molecular flexibility index (Phi) is 9.85. The zero-order valence-electron chi connectivity index (χ0n) is 23.6. The molecule has 7 heteroatoms. The highest BCUT2D eigenvalue weighted by Gasteiger charge is 2.43. The Balaban J connectivity index is 1.50. The van der Waals surface area contributed by atoms with Crippen LogP contribution in [0.15, 0.2) is 18.2 Å². The Hall–Kier alpha value is -2.41. The first-order valence-corrected chi connectivity index (χ1v) is 15.0. The molecule has 1 fully saturated rings. The Morgan fingerprint density at radius 2 is 1.84 bits per heavy atom. The molecular formula is C31H48N4O3. The standard InChI is InChI=1S/C31H48N4O3/c1-4-9-25(29(32)36)24(16-20(2)3)19-33-26-15-14-22-12-8-13-23-17-27(35(28(22)23)31(26)38)30(37)34-18-21-10-6-5-7-11-21/h8,12-13,20-21,24-27,33H,4-7,9-11,14-19H2,1-3H3,(H2,32,36)(H,34,37)/t24-,25-,26-,27-/m0/s1. The molecule has 4 atom stereocenters. The van der Waals surface area contributed by atoms with Gasteiger partial charge in [0.05, 0.1) is 11.7 Å². The number of para-hydroxylation sites is 1. The van der Waals surface area contributed by atoms with Crippen molar-refractivity contribution in [2.75, 3.05) is 18.0 Å².